The van der Waals surface area contributed by atoms with E-state index in [1.807, 2.05) is 35.8 Å². The molecule has 1 heterocycles. The van der Waals surface area contributed by atoms with Gasteiger partial charge in [0.05, 0.1) is 11.0 Å². The number of benzene rings is 2. The molecule has 0 radical (unpaired) electrons. The van der Waals surface area contributed by atoms with Crippen molar-refractivity contribution in [3.05, 3.63) is 54.1 Å². The third kappa shape index (κ3) is 2.80. The molecule has 2 N–H and O–H groups in total. The summed E-state index contributed by atoms with van der Waals surface area (Å²) in [5.41, 5.74) is 9.67. The van der Waals surface area contributed by atoms with Crippen molar-refractivity contribution in [2.75, 3.05) is 0 Å². The molecule has 1 atom stereocenters. The van der Waals surface area contributed by atoms with Crippen molar-refractivity contribution < 1.29 is 4.79 Å². The standard InChI is InChI=1S/C20H23N3O/c1-13(18(21)24)23-17-8-6-5-7-16(17)22-19(23)14-9-11-15(12-10-14)20(2,3)4/h5-13H,1-4H3,(H2,21,24). The second-order valence-electron chi connectivity index (χ2n) is 7.20. The molecule has 0 aliphatic rings. The minimum Gasteiger partial charge on any atom is -0.368 e. The summed E-state index contributed by atoms with van der Waals surface area (Å²) in [7, 11) is 0. The number of aromatic nitrogens is 2. The molecule has 124 valence electrons. The number of primary amides is 1. The predicted molar refractivity (Wildman–Crippen MR) is 97.8 cm³/mol. The van der Waals surface area contributed by atoms with E-state index in [0.29, 0.717) is 0 Å². The van der Waals surface area contributed by atoms with Crippen LogP contribution in [0, 0.1) is 0 Å². The Bertz CT molecular complexity index is 885. The molecular formula is C20H23N3O. The number of para-hydroxylation sites is 2. The summed E-state index contributed by atoms with van der Waals surface area (Å²) in [5.74, 6) is 0.397. The van der Waals surface area contributed by atoms with Gasteiger partial charge in [-0.2, -0.15) is 0 Å². The van der Waals surface area contributed by atoms with Crippen LogP contribution in [-0.2, 0) is 10.2 Å². The van der Waals surface area contributed by atoms with E-state index in [1.165, 1.54) is 5.56 Å². The van der Waals surface area contributed by atoms with Crippen molar-refractivity contribution in [2.45, 2.75) is 39.2 Å². The molecule has 3 rings (SSSR count). The summed E-state index contributed by atoms with van der Waals surface area (Å²) in [5, 5.41) is 0. The fraction of sp³-hybridized carbons (Fsp3) is 0.300. The van der Waals surface area contributed by atoms with Crippen LogP contribution in [0.25, 0.3) is 22.4 Å². The quantitative estimate of drug-likeness (QED) is 0.791. The van der Waals surface area contributed by atoms with E-state index >= 15 is 0 Å². The Morgan fingerprint density at radius 1 is 1.08 bits per heavy atom. The molecule has 0 aliphatic heterocycles. The normalized spacial score (nSPS) is 13.2. The molecule has 4 heteroatoms. The molecule has 1 unspecified atom stereocenters. The van der Waals surface area contributed by atoms with E-state index in [9.17, 15) is 4.79 Å². The molecule has 3 aromatic rings. The predicted octanol–water partition coefficient (Wildman–Crippen LogP) is 4.05. The van der Waals surface area contributed by atoms with Gasteiger partial charge in [-0.1, -0.05) is 57.2 Å². The highest BCUT2D eigenvalue weighted by Crippen LogP contribution is 2.30. The number of carbonyl (C=O) groups is 1. The maximum absolute atomic E-state index is 11.8. The zero-order chi connectivity index (χ0) is 17.5. The van der Waals surface area contributed by atoms with Crippen LogP contribution >= 0.6 is 0 Å². The van der Waals surface area contributed by atoms with Crippen LogP contribution in [0.2, 0.25) is 0 Å². The molecular weight excluding hydrogens is 298 g/mol. The average molecular weight is 321 g/mol. The second-order valence-corrected chi connectivity index (χ2v) is 7.20. The Hall–Kier alpha value is -2.62. The minimum absolute atomic E-state index is 0.0964. The first kappa shape index (κ1) is 16.2. The largest absolute Gasteiger partial charge is 0.368 e. The van der Waals surface area contributed by atoms with Gasteiger partial charge >= 0.3 is 0 Å². The summed E-state index contributed by atoms with van der Waals surface area (Å²) in [6.07, 6.45) is 0. The van der Waals surface area contributed by atoms with Gasteiger partial charge in [-0.3, -0.25) is 4.79 Å². The van der Waals surface area contributed by atoms with Crippen LogP contribution in [-0.4, -0.2) is 15.5 Å². The summed E-state index contributed by atoms with van der Waals surface area (Å²) >= 11 is 0. The Labute approximate surface area is 142 Å². The summed E-state index contributed by atoms with van der Waals surface area (Å²) in [6.45, 7) is 8.37. The number of hydrogen-bond acceptors (Lipinski definition) is 2. The number of hydrogen-bond donors (Lipinski definition) is 1. The van der Waals surface area contributed by atoms with Gasteiger partial charge in [-0.25, -0.2) is 4.98 Å². The van der Waals surface area contributed by atoms with E-state index in [0.717, 1.165) is 22.4 Å². The van der Waals surface area contributed by atoms with Crippen LogP contribution in [0.1, 0.15) is 39.3 Å². The van der Waals surface area contributed by atoms with Crippen LogP contribution in [0.4, 0.5) is 0 Å². The van der Waals surface area contributed by atoms with Gasteiger partial charge in [0.1, 0.15) is 11.9 Å². The smallest absolute Gasteiger partial charge is 0.240 e. The maximum Gasteiger partial charge on any atom is 0.240 e. The molecule has 24 heavy (non-hydrogen) atoms. The van der Waals surface area contributed by atoms with E-state index < -0.39 is 6.04 Å². The number of imidazole rings is 1. The van der Waals surface area contributed by atoms with E-state index in [2.05, 4.69) is 45.0 Å². The lowest BCUT2D eigenvalue weighted by Gasteiger charge is -2.19. The number of rotatable bonds is 3. The van der Waals surface area contributed by atoms with Crippen LogP contribution in [0.5, 0.6) is 0 Å². The van der Waals surface area contributed by atoms with Crippen LogP contribution in [0.3, 0.4) is 0 Å². The Kier molecular flexibility index (Phi) is 3.91. The SMILES string of the molecule is CC(C(N)=O)n1c(-c2ccc(C(C)(C)C)cc2)nc2ccccc21. The first-order valence-corrected chi connectivity index (χ1v) is 8.16. The molecule has 1 amide bonds. The van der Waals surface area contributed by atoms with Gasteiger partial charge in [0.2, 0.25) is 5.91 Å². The summed E-state index contributed by atoms with van der Waals surface area (Å²) in [4.78, 5) is 16.5. The molecule has 0 bridgehead atoms. The number of carbonyl (C=O) groups excluding carboxylic acids is 1. The van der Waals surface area contributed by atoms with Gasteiger partial charge < -0.3 is 10.3 Å². The van der Waals surface area contributed by atoms with Crippen molar-refractivity contribution in [3.8, 4) is 11.4 Å². The zero-order valence-electron chi connectivity index (χ0n) is 14.6. The van der Waals surface area contributed by atoms with Crippen molar-refractivity contribution in [1.29, 1.82) is 0 Å². The summed E-state index contributed by atoms with van der Waals surface area (Å²) < 4.78 is 1.92. The van der Waals surface area contributed by atoms with Gasteiger partial charge in [0.15, 0.2) is 0 Å². The monoisotopic (exact) mass is 321 g/mol. The van der Waals surface area contributed by atoms with Gasteiger partial charge in [-0.15, -0.1) is 0 Å². The fourth-order valence-electron chi connectivity index (χ4n) is 2.89. The zero-order valence-corrected chi connectivity index (χ0v) is 14.6. The molecule has 0 saturated carbocycles. The van der Waals surface area contributed by atoms with Crippen molar-refractivity contribution in [1.82, 2.24) is 9.55 Å². The topological polar surface area (TPSA) is 60.9 Å². The van der Waals surface area contributed by atoms with Crippen molar-refractivity contribution >= 4 is 16.9 Å². The molecule has 0 fully saturated rings. The van der Waals surface area contributed by atoms with E-state index in [4.69, 9.17) is 10.7 Å². The second kappa shape index (κ2) is 5.78. The summed E-state index contributed by atoms with van der Waals surface area (Å²) in [6, 6.07) is 15.7. The van der Waals surface area contributed by atoms with Crippen molar-refractivity contribution in [2.24, 2.45) is 5.73 Å². The molecule has 0 aliphatic carbocycles. The maximum atomic E-state index is 11.8. The molecule has 0 spiro atoms. The fourth-order valence-corrected chi connectivity index (χ4v) is 2.89. The van der Waals surface area contributed by atoms with Crippen molar-refractivity contribution in [3.63, 3.8) is 0 Å². The third-order valence-corrected chi connectivity index (χ3v) is 4.40. The lowest BCUT2D eigenvalue weighted by molar-refractivity contribution is -0.120. The molecule has 0 saturated heterocycles. The van der Waals surface area contributed by atoms with Gasteiger partial charge in [0.25, 0.3) is 0 Å². The van der Waals surface area contributed by atoms with Crippen LogP contribution in [0.15, 0.2) is 48.5 Å². The Morgan fingerprint density at radius 3 is 2.29 bits per heavy atom. The highest BCUT2D eigenvalue weighted by molar-refractivity contribution is 5.86. The van der Waals surface area contributed by atoms with Crippen LogP contribution < -0.4 is 5.73 Å². The number of fused-ring (bicyclic) bond motifs is 1. The average Bonchev–Trinajstić information content (AvgIpc) is 2.92. The first-order chi connectivity index (χ1) is 11.3. The Morgan fingerprint density at radius 2 is 1.71 bits per heavy atom. The highest BCUT2D eigenvalue weighted by Gasteiger charge is 2.21. The number of nitrogens with zero attached hydrogens (tertiary/aromatic N) is 2. The molecule has 4 nitrogen and oxygen atoms in total. The lowest BCUT2D eigenvalue weighted by Crippen LogP contribution is -2.24. The number of amides is 1. The Balaban J connectivity index is 2.18. The third-order valence-electron chi connectivity index (χ3n) is 4.40. The first-order valence-electron chi connectivity index (χ1n) is 8.16. The number of nitrogens with two attached hydrogens (primary N) is 1. The van der Waals surface area contributed by atoms with E-state index in [1.54, 1.807) is 0 Å². The lowest BCUT2D eigenvalue weighted by atomic mass is 9.86. The minimum atomic E-state index is -0.463. The molecule has 2 aromatic carbocycles. The molecule has 1 aromatic heterocycles. The van der Waals surface area contributed by atoms with Gasteiger partial charge in [-0.05, 0) is 30.0 Å². The van der Waals surface area contributed by atoms with E-state index in [-0.39, 0.29) is 11.3 Å². The highest BCUT2D eigenvalue weighted by atomic mass is 16.1. The van der Waals surface area contributed by atoms with Gasteiger partial charge in [0, 0.05) is 5.56 Å².